The Morgan fingerprint density at radius 1 is 1.20 bits per heavy atom. The summed E-state index contributed by atoms with van der Waals surface area (Å²) in [4.78, 5) is 12.2. The molecule has 0 aliphatic heterocycles. The highest BCUT2D eigenvalue weighted by molar-refractivity contribution is 6.02. The molecule has 0 bridgehead atoms. The van der Waals surface area contributed by atoms with Crippen LogP contribution in [0.25, 0.3) is 11.8 Å². The van der Waals surface area contributed by atoms with Gasteiger partial charge in [0.2, 0.25) is 5.91 Å². The van der Waals surface area contributed by atoms with Crippen molar-refractivity contribution >= 4 is 17.7 Å². The first-order chi connectivity index (χ1) is 14.4. The van der Waals surface area contributed by atoms with Crippen molar-refractivity contribution in [2.45, 2.75) is 13.5 Å². The summed E-state index contributed by atoms with van der Waals surface area (Å²) >= 11 is 0. The number of anilines is 1. The summed E-state index contributed by atoms with van der Waals surface area (Å²) in [6.07, 6.45) is 2.58. The molecule has 1 aromatic heterocycles. The lowest BCUT2D eigenvalue weighted by molar-refractivity contribution is -0.111. The number of carbonyl (C=O) groups is 1. The van der Waals surface area contributed by atoms with Gasteiger partial charge in [-0.3, -0.25) is 4.79 Å². The molecule has 2 aromatic carbocycles. The molecule has 3 rings (SSSR count). The summed E-state index contributed by atoms with van der Waals surface area (Å²) in [5.74, 6) is -0.806. The number of halogens is 3. The van der Waals surface area contributed by atoms with Gasteiger partial charge in [0, 0.05) is 6.08 Å². The van der Waals surface area contributed by atoms with Crippen molar-refractivity contribution in [1.29, 1.82) is 0 Å². The number of benzene rings is 2. The highest BCUT2D eigenvalue weighted by atomic mass is 19.3. The van der Waals surface area contributed by atoms with E-state index in [4.69, 9.17) is 4.74 Å². The second-order valence-corrected chi connectivity index (χ2v) is 5.91. The second-order valence-electron chi connectivity index (χ2n) is 5.91. The Morgan fingerprint density at radius 2 is 2.00 bits per heavy atom. The van der Waals surface area contributed by atoms with E-state index in [1.807, 2.05) is 0 Å². The summed E-state index contributed by atoms with van der Waals surface area (Å²) in [6.45, 7) is -1.31. The van der Waals surface area contributed by atoms with E-state index >= 15 is 0 Å². The Morgan fingerprint density at radius 3 is 2.67 bits per heavy atom. The second kappa shape index (κ2) is 9.07. The molecule has 8 nitrogen and oxygen atoms in total. The third-order valence-corrected chi connectivity index (χ3v) is 3.91. The molecule has 0 radical (unpaired) electrons. The monoisotopic (exact) mass is 419 g/mol. The quantitative estimate of drug-likeness (QED) is 0.591. The lowest BCUT2D eigenvalue weighted by atomic mass is 10.2. The first kappa shape index (κ1) is 20.8. The SMILES string of the molecule is COc1cc(/C=C/C(=O)Nc2cc(-n3nnnc3C)ccc2F)ccc1OC(F)F. The van der Waals surface area contributed by atoms with Crippen LogP contribution in [0.5, 0.6) is 11.5 Å². The van der Waals surface area contributed by atoms with E-state index in [0.717, 1.165) is 6.08 Å². The van der Waals surface area contributed by atoms with Crippen molar-refractivity contribution in [3.05, 3.63) is 59.7 Å². The highest BCUT2D eigenvalue weighted by Crippen LogP contribution is 2.30. The number of nitrogens with one attached hydrogen (secondary N) is 1. The molecule has 0 aliphatic rings. The highest BCUT2D eigenvalue weighted by Gasteiger charge is 2.12. The first-order valence-electron chi connectivity index (χ1n) is 8.54. The number of methoxy groups -OCH3 is 1. The zero-order valence-corrected chi connectivity index (χ0v) is 15.8. The normalized spacial score (nSPS) is 11.1. The van der Waals surface area contributed by atoms with Gasteiger partial charge in [-0.15, -0.1) is 5.10 Å². The molecule has 11 heteroatoms. The molecule has 0 saturated heterocycles. The van der Waals surface area contributed by atoms with E-state index in [0.29, 0.717) is 17.1 Å². The molecule has 0 fully saturated rings. The Kier molecular flexibility index (Phi) is 6.30. The molecule has 156 valence electrons. The van der Waals surface area contributed by atoms with Gasteiger partial charge in [0.15, 0.2) is 17.3 Å². The van der Waals surface area contributed by atoms with Gasteiger partial charge >= 0.3 is 6.61 Å². The zero-order valence-electron chi connectivity index (χ0n) is 15.8. The fraction of sp³-hybridized carbons (Fsp3) is 0.158. The number of aryl methyl sites for hydroxylation is 1. The molecule has 0 aliphatic carbocycles. The summed E-state index contributed by atoms with van der Waals surface area (Å²) in [5, 5.41) is 13.5. The van der Waals surface area contributed by atoms with Crippen molar-refractivity contribution in [1.82, 2.24) is 20.2 Å². The molecule has 1 heterocycles. The summed E-state index contributed by atoms with van der Waals surface area (Å²) in [7, 11) is 1.30. The van der Waals surface area contributed by atoms with Crippen LogP contribution in [0.3, 0.4) is 0 Å². The minimum Gasteiger partial charge on any atom is -0.493 e. The maximum atomic E-state index is 14.1. The largest absolute Gasteiger partial charge is 0.493 e. The van der Waals surface area contributed by atoms with Crippen molar-refractivity contribution in [3.63, 3.8) is 0 Å². The molecule has 1 N–H and O–H groups in total. The van der Waals surface area contributed by atoms with Gasteiger partial charge in [-0.25, -0.2) is 4.39 Å². The van der Waals surface area contributed by atoms with E-state index in [9.17, 15) is 18.0 Å². The fourth-order valence-corrected chi connectivity index (χ4v) is 2.54. The van der Waals surface area contributed by atoms with Crippen LogP contribution in [0.1, 0.15) is 11.4 Å². The Balaban J connectivity index is 1.74. The summed E-state index contributed by atoms with van der Waals surface area (Å²) < 4.78 is 49.6. The van der Waals surface area contributed by atoms with Crippen LogP contribution >= 0.6 is 0 Å². The van der Waals surface area contributed by atoms with E-state index in [-0.39, 0.29) is 17.2 Å². The van der Waals surface area contributed by atoms with Crippen molar-refractivity contribution < 1.29 is 27.4 Å². The Bertz CT molecular complexity index is 1090. The van der Waals surface area contributed by atoms with Gasteiger partial charge in [-0.05, 0) is 59.3 Å². The average Bonchev–Trinajstić information content (AvgIpc) is 3.14. The molecule has 0 unspecified atom stereocenters. The van der Waals surface area contributed by atoms with E-state index < -0.39 is 18.3 Å². The molecule has 0 saturated carbocycles. The predicted octanol–water partition coefficient (Wildman–Crippen LogP) is 3.37. The van der Waals surface area contributed by atoms with Crippen LogP contribution in [0.4, 0.5) is 18.9 Å². The fourth-order valence-electron chi connectivity index (χ4n) is 2.54. The van der Waals surface area contributed by atoms with E-state index in [1.165, 1.54) is 54.3 Å². The van der Waals surface area contributed by atoms with Crippen LogP contribution in [0.2, 0.25) is 0 Å². The maximum Gasteiger partial charge on any atom is 0.387 e. The third kappa shape index (κ3) is 4.93. The van der Waals surface area contributed by atoms with Crippen molar-refractivity contribution in [2.24, 2.45) is 0 Å². The van der Waals surface area contributed by atoms with Crippen LogP contribution < -0.4 is 14.8 Å². The lowest BCUT2D eigenvalue weighted by Gasteiger charge is -2.10. The number of amides is 1. The van der Waals surface area contributed by atoms with Crippen LogP contribution in [-0.4, -0.2) is 39.8 Å². The number of hydrogen-bond donors (Lipinski definition) is 1. The number of nitrogens with zero attached hydrogens (tertiary/aromatic N) is 4. The molecule has 3 aromatic rings. The number of rotatable bonds is 7. The van der Waals surface area contributed by atoms with Gasteiger partial charge in [-0.2, -0.15) is 13.5 Å². The number of carbonyl (C=O) groups excluding carboxylic acids is 1. The van der Waals surface area contributed by atoms with Gasteiger partial charge in [0.25, 0.3) is 0 Å². The molecule has 30 heavy (non-hydrogen) atoms. The van der Waals surface area contributed by atoms with Gasteiger partial charge in [0.05, 0.1) is 18.5 Å². The number of aromatic nitrogens is 4. The van der Waals surface area contributed by atoms with E-state index in [1.54, 1.807) is 6.92 Å². The zero-order chi connectivity index (χ0) is 21.7. The maximum absolute atomic E-state index is 14.1. The van der Waals surface area contributed by atoms with Crippen LogP contribution in [-0.2, 0) is 4.79 Å². The number of hydrogen-bond acceptors (Lipinski definition) is 6. The standard InChI is InChI=1S/C19H16F3N5O3/c1-11-24-25-26-27(11)13-5-6-14(20)15(10-13)23-18(28)8-4-12-3-7-16(30-19(21)22)17(9-12)29-2/h3-10,19H,1-2H3,(H,23,28)/b8-4+. The number of ether oxygens (including phenoxy) is 2. The molecular weight excluding hydrogens is 403 g/mol. The smallest absolute Gasteiger partial charge is 0.387 e. The first-order valence-corrected chi connectivity index (χ1v) is 8.54. The Labute approximate surface area is 168 Å². The minimum atomic E-state index is -2.99. The van der Waals surface area contributed by atoms with Crippen molar-refractivity contribution in [3.8, 4) is 17.2 Å². The predicted molar refractivity (Wildman–Crippen MR) is 101 cm³/mol. The lowest BCUT2D eigenvalue weighted by Crippen LogP contribution is -2.10. The van der Waals surface area contributed by atoms with Gasteiger partial charge < -0.3 is 14.8 Å². The van der Waals surface area contributed by atoms with Gasteiger partial charge in [0.1, 0.15) is 5.82 Å². The van der Waals surface area contributed by atoms with E-state index in [2.05, 4.69) is 25.6 Å². The third-order valence-electron chi connectivity index (χ3n) is 3.91. The van der Waals surface area contributed by atoms with Crippen LogP contribution in [0, 0.1) is 12.7 Å². The minimum absolute atomic E-state index is 0.0599. The molecule has 1 amide bonds. The summed E-state index contributed by atoms with van der Waals surface area (Å²) in [6, 6.07) is 8.22. The summed E-state index contributed by atoms with van der Waals surface area (Å²) in [5.41, 5.74) is 0.898. The molecule has 0 atom stereocenters. The van der Waals surface area contributed by atoms with Gasteiger partial charge in [-0.1, -0.05) is 6.07 Å². The van der Waals surface area contributed by atoms with Crippen LogP contribution in [0.15, 0.2) is 42.5 Å². The topological polar surface area (TPSA) is 91.2 Å². The average molecular weight is 419 g/mol. The number of tetrazole rings is 1. The molecular formula is C19H16F3N5O3. The molecule has 0 spiro atoms. The number of alkyl halides is 2. The van der Waals surface area contributed by atoms with Crippen molar-refractivity contribution in [2.75, 3.05) is 12.4 Å². The Hall–Kier alpha value is -3.89.